The Morgan fingerprint density at radius 2 is 1.90 bits per heavy atom. The van der Waals surface area contributed by atoms with Crippen LogP contribution in [0.4, 0.5) is 16.2 Å². The summed E-state index contributed by atoms with van der Waals surface area (Å²) in [7, 11) is 1.52. The molecule has 2 amide bonds. The Morgan fingerprint density at radius 3 is 2.52 bits per heavy atom. The summed E-state index contributed by atoms with van der Waals surface area (Å²) in [6.45, 7) is 0. The lowest BCUT2D eigenvalue weighted by atomic mass is 10.3. The fraction of sp³-hybridized carbons (Fsp3) is 0.0714. The van der Waals surface area contributed by atoms with Gasteiger partial charge in [0.25, 0.3) is 0 Å². The lowest BCUT2D eigenvalue weighted by Gasteiger charge is -2.11. The number of urea groups is 1. The van der Waals surface area contributed by atoms with E-state index in [-0.39, 0.29) is 6.03 Å². The van der Waals surface area contributed by atoms with E-state index in [0.29, 0.717) is 32.9 Å². The van der Waals surface area contributed by atoms with Gasteiger partial charge < -0.3 is 21.1 Å². The maximum absolute atomic E-state index is 11.2. The summed E-state index contributed by atoms with van der Waals surface area (Å²) in [5.74, 6) is 0.961. The highest BCUT2D eigenvalue weighted by molar-refractivity contribution is 6.34. The highest BCUT2D eigenvalue weighted by atomic mass is 35.5. The van der Waals surface area contributed by atoms with E-state index in [4.69, 9.17) is 33.7 Å². The largest absolute Gasteiger partial charge is 0.456 e. The molecule has 0 spiro atoms. The van der Waals surface area contributed by atoms with Gasteiger partial charge in [0.2, 0.25) is 0 Å². The Kier molecular flexibility index (Phi) is 4.77. The molecule has 0 atom stereocenters. The predicted molar refractivity (Wildman–Crippen MR) is 85.5 cm³/mol. The van der Waals surface area contributed by atoms with Crippen molar-refractivity contribution in [1.29, 1.82) is 0 Å². The third-order valence-electron chi connectivity index (χ3n) is 2.60. The predicted octanol–water partition coefficient (Wildman–Crippen LogP) is 4.12. The third kappa shape index (κ3) is 3.93. The van der Waals surface area contributed by atoms with Gasteiger partial charge in [-0.05, 0) is 30.3 Å². The van der Waals surface area contributed by atoms with E-state index in [1.54, 1.807) is 36.4 Å². The van der Waals surface area contributed by atoms with E-state index in [0.717, 1.165) is 0 Å². The van der Waals surface area contributed by atoms with Crippen LogP contribution in [-0.4, -0.2) is 13.1 Å². The van der Waals surface area contributed by atoms with Crippen molar-refractivity contribution in [3.63, 3.8) is 0 Å². The van der Waals surface area contributed by atoms with Crippen molar-refractivity contribution in [3.05, 3.63) is 46.4 Å². The van der Waals surface area contributed by atoms with Crippen LogP contribution in [-0.2, 0) is 0 Å². The van der Waals surface area contributed by atoms with E-state index < -0.39 is 0 Å². The summed E-state index contributed by atoms with van der Waals surface area (Å²) in [6, 6.07) is 9.49. The summed E-state index contributed by atoms with van der Waals surface area (Å²) < 4.78 is 5.63. The van der Waals surface area contributed by atoms with Crippen molar-refractivity contribution in [2.45, 2.75) is 0 Å². The molecule has 0 aliphatic heterocycles. The number of nitrogen functional groups attached to an aromatic ring is 1. The lowest BCUT2D eigenvalue weighted by molar-refractivity contribution is 0.254. The number of carbonyl (C=O) groups excluding carboxylic acids is 1. The molecule has 7 heteroatoms. The van der Waals surface area contributed by atoms with E-state index in [2.05, 4.69) is 10.6 Å². The normalized spacial score (nSPS) is 10.0. The van der Waals surface area contributed by atoms with Gasteiger partial charge in [0.05, 0.1) is 15.7 Å². The SMILES string of the molecule is CNC(=O)Nc1ccc(Oc2ccc(N)cc2Cl)cc1Cl. The summed E-state index contributed by atoms with van der Waals surface area (Å²) in [6.07, 6.45) is 0. The Labute approximate surface area is 132 Å². The summed E-state index contributed by atoms with van der Waals surface area (Å²) in [5, 5.41) is 5.78. The maximum Gasteiger partial charge on any atom is 0.319 e. The van der Waals surface area contributed by atoms with Crippen LogP contribution in [0.15, 0.2) is 36.4 Å². The number of benzene rings is 2. The molecular formula is C14H13Cl2N3O2. The Balaban J connectivity index is 2.18. The molecule has 2 aromatic rings. The maximum atomic E-state index is 11.2. The monoisotopic (exact) mass is 325 g/mol. The Morgan fingerprint density at radius 1 is 1.14 bits per heavy atom. The van der Waals surface area contributed by atoms with Gasteiger partial charge in [-0.1, -0.05) is 23.2 Å². The zero-order valence-corrected chi connectivity index (χ0v) is 12.6. The van der Waals surface area contributed by atoms with Crippen molar-refractivity contribution in [3.8, 4) is 11.5 Å². The van der Waals surface area contributed by atoms with E-state index in [1.165, 1.54) is 7.05 Å². The smallest absolute Gasteiger partial charge is 0.319 e. The molecule has 0 fully saturated rings. The van der Waals surface area contributed by atoms with Gasteiger partial charge in [0.1, 0.15) is 11.5 Å². The van der Waals surface area contributed by atoms with Gasteiger partial charge in [0.15, 0.2) is 0 Å². The van der Waals surface area contributed by atoms with E-state index >= 15 is 0 Å². The number of rotatable bonds is 3. The minimum absolute atomic E-state index is 0.350. The van der Waals surface area contributed by atoms with Crippen LogP contribution < -0.4 is 21.1 Å². The van der Waals surface area contributed by atoms with Gasteiger partial charge in [-0.25, -0.2) is 4.79 Å². The van der Waals surface area contributed by atoms with Gasteiger partial charge in [-0.15, -0.1) is 0 Å². The van der Waals surface area contributed by atoms with Gasteiger partial charge >= 0.3 is 6.03 Å². The molecule has 0 aromatic heterocycles. The highest BCUT2D eigenvalue weighted by Gasteiger charge is 2.08. The molecule has 110 valence electrons. The molecule has 2 rings (SSSR count). The van der Waals surface area contributed by atoms with Gasteiger partial charge in [-0.2, -0.15) is 0 Å². The fourth-order valence-corrected chi connectivity index (χ4v) is 2.02. The molecule has 0 heterocycles. The van der Waals surface area contributed by atoms with Crippen LogP contribution in [0.5, 0.6) is 11.5 Å². The quantitative estimate of drug-likeness (QED) is 0.743. The average Bonchev–Trinajstić information content (AvgIpc) is 2.44. The molecule has 4 N–H and O–H groups in total. The number of anilines is 2. The molecule has 2 aromatic carbocycles. The first-order valence-electron chi connectivity index (χ1n) is 6.01. The standard InChI is InChI=1S/C14H13Cl2N3O2/c1-18-14(20)19-12-4-3-9(7-10(12)15)21-13-5-2-8(17)6-11(13)16/h2-7H,17H2,1H3,(H2,18,19,20). The van der Waals surface area contributed by atoms with Crippen molar-refractivity contribution < 1.29 is 9.53 Å². The zero-order valence-electron chi connectivity index (χ0n) is 11.1. The molecule has 21 heavy (non-hydrogen) atoms. The number of carbonyl (C=O) groups is 1. The number of ether oxygens (including phenoxy) is 1. The topological polar surface area (TPSA) is 76.4 Å². The number of nitrogens with one attached hydrogen (secondary N) is 2. The van der Waals surface area contributed by atoms with Crippen LogP contribution in [0.3, 0.4) is 0 Å². The second kappa shape index (κ2) is 6.56. The van der Waals surface area contributed by atoms with Crippen LogP contribution in [0.2, 0.25) is 10.0 Å². The van der Waals surface area contributed by atoms with Crippen LogP contribution in [0.1, 0.15) is 0 Å². The van der Waals surface area contributed by atoms with Crippen LogP contribution in [0.25, 0.3) is 0 Å². The van der Waals surface area contributed by atoms with E-state index in [1.807, 2.05) is 0 Å². The molecule has 0 bridgehead atoms. The second-order valence-electron chi connectivity index (χ2n) is 4.14. The fourth-order valence-electron chi connectivity index (χ4n) is 1.57. The first kappa shape index (κ1) is 15.3. The molecule has 0 aliphatic carbocycles. The molecular weight excluding hydrogens is 313 g/mol. The zero-order chi connectivity index (χ0) is 15.4. The number of hydrogen-bond donors (Lipinski definition) is 3. The summed E-state index contributed by atoms with van der Waals surface area (Å²) >= 11 is 12.1. The summed E-state index contributed by atoms with van der Waals surface area (Å²) in [4.78, 5) is 11.2. The molecule has 0 unspecified atom stereocenters. The lowest BCUT2D eigenvalue weighted by Crippen LogP contribution is -2.24. The Hall–Kier alpha value is -2.11. The van der Waals surface area contributed by atoms with Crippen molar-refractivity contribution >= 4 is 40.6 Å². The minimum Gasteiger partial charge on any atom is -0.456 e. The number of hydrogen-bond acceptors (Lipinski definition) is 3. The van der Waals surface area contributed by atoms with E-state index in [9.17, 15) is 4.79 Å². The van der Waals surface area contributed by atoms with Crippen molar-refractivity contribution in [2.24, 2.45) is 0 Å². The van der Waals surface area contributed by atoms with Gasteiger partial charge in [-0.3, -0.25) is 0 Å². The Bertz CT molecular complexity index is 677. The third-order valence-corrected chi connectivity index (χ3v) is 3.21. The van der Waals surface area contributed by atoms with Crippen molar-refractivity contribution in [2.75, 3.05) is 18.1 Å². The van der Waals surface area contributed by atoms with Crippen molar-refractivity contribution in [1.82, 2.24) is 5.32 Å². The summed E-state index contributed by atoms with van der Waals surface area (Å²) in [5.41, 5.74) is 6.65. The molecule has 0 saturated heterocycles. The average molecular weight is 326 g/mol. The first-order chi connectivity index (χ1) is 9.99. The van der Waals surface area contributed by atoms with Crippen LogP contribution in [0, 0.1) is 0 Å². The number of amides is 2. The first-order valence-corrected chi connectivity index (χ1v) is 6.76. The second-order valence-corrected chi connectivity index (χ2v) is 4.95. The van der Waals surface area contributed by atoms with Gasteiger partial charge in [0, 0.05) is 18.8 Å². The molecule has 0 saturated carbocycles. The molecule has 0 aliphatic rings. The number of nitrogens with two attached hydrogens (primary N) is 1. The van der Waals surface area contributed by atoms with Crippen LogP contribution >= 0.6 is 23.2 Å². The highest BCUT2D eigenvalue weighted by Crippen LogP contribution is 2.33. The number of halogens is 2. The molecule has 5 nitrogen and oxygen atoms in total. The minimum atomic E-state index is -0.354. The molecule has 0 radical (unpaired) electrons.